The van der Waals surface area contributed by atoms with Crippen molar-refractivity contribution in [3.8, 4) is 0 Å². The third-order valence-corrected chi connectivity index (χ3v) is 5.73. The molecule has 1 aromatic rings. The van der Waals surface area contributed by atoms with E-state index >= 15 is 0 Å². The molecule has 6 heteroatoms. The summed E-state index contributed by atoms with van der Waals surface area (Å²) in [6, 6.07) is 1.96. The second-order valence-corrected chi connectivity index (χ2v) is 6.77. The van der Waals surface area contributed by atoms with Gasteiger partial charge in [-0.3, -0.25) is 9.59 Å². The van der Waals surface area contributed by atoms with Gasteiger partial charge in [0.05, 0.1) is 13.2 Å². The average Bonchev–Trinajstić information content (AvgIpc) is 2.44. The lowest BCUT2D eigenvalue weighted by Crippen LogP contribution is -2.70. The Morgan fingerprint density at radius 2 is 2.27 bits per heavy atom. The first-order valence-electron chi connectivity index (χ1n) is 7.99. The summed E-state index contributed by atoms with van der Waals surface area (Å²) in [7, 11) is 0. The molecule has 1 spiro atoms. The molecular formula is C16H21N3O3. The number of carbonyl (C=O) groups excluding carboxylic acids is 1. The van der Waals surface area contributed by atoms with Crippen LogP contribution >= 0.6 is 0 Å². The van der Waals surface area contributed by atoms with Gasteiger partial charge in [-0.15, -0.1) is 0 Å². The monoisotopic (exact) mass is 303 g/mol. The van der Waals surface area contributed by atoms with Gasteiger partial charge in [0.25, 0.3) is 11.5 Å². The van der Waals surface area contributed by atoms with Crippen LogP contribution in [0.2, 0.25) is 0 Å². The van der Waals surface area contributed by atoms with E-state index in [0.29, 0.717) is 19.6 Å². The fourth-order valence-corrected chi connectivity index (χ4v) is 4.05. The van der Waals surface area contributed by atoms with Gasteiger partial charge in [-0.2, -0.15) is 0 Å². The van der Waals surface area contributed by atoms with Crippen LogP contribution in [0.1, 0.15) is 47.3 Å². The van der Waals surface area contributed by atoms with Crippen molar-refractivity contribution in [2.75, 3.05) is 6.61 Å². The maximum Gasteiger partial charge on any atom is 0.261 e. The number of rotatable bonds is 2. The largest absolute Gasteiger partial charge is 0.376 e. The van der Waals surface area contributed by atoms with Crippen molar-refractivity contribution < 1.29 is 9.53 Å². The quantitative estimate of drug-likeness (QED) is 0.739. The first-order valence-corrected chi connectivity index (χ1v) is 7.99. The Balaban J connectivity index is 1.55. The number of pyridine rings is 1. The Kier molecular flexibility index (Phi) is 3.13. The van der Waals surface area contributed by atoms with Crippen molar-refractivity contribution in [1.82, 2.24) is 10.3 Å². The summed E-state index contributed by atoms with van der Waals surface area (Å²) in [5, 5.41) is 3.02. The van der Waals surface area contributed by atoms with Gasteiger partial charge >= 0.3 is 0 Å². The Hall–Kier alpha value is -1.66. The summed E-state index contributed by atoms with van der Waals surface area (Å²) in [6.07, 6.45) is 4.82. The standard InChI is InChI=1S/C16H21N3O3/c17-12-7-13(16(12)3-1-4-16)19-15(21)10-6-9-8-22-5-2-11(9)18-14(10)20/h6,12-13H,1-5,7-8,17H2,(H,18,20)(H,19,21). The van der Waals surface area contributed by atoms with Gasteiger partial charge < -0.3 is 20.8 Å². The van der Waals surface area contributed by atoms with Gasteiger partial charge in [0.2, 0.25) is 0 Å². The molecule has 0 bridgehead atoms. The van der Waals surface area contributed by atoms with E-state index in [1.807, 2.05) is 0 Å². The van der Waals surface area contributed by atoms with Gasteiger partial charge in [-0.25, -0.2) is 0 Å². The van der Waals surface area contributed by atoms with Crippen LogP contribution in [-0.4, -0.2) is 29.6 Å². The van der Waals surface area contributed by atoms with Crippen LogP contribution in [-0.2, 0) is 17.8 Å². The Morgan fingerprint density at radius 3 is 2.95 bits per heavy atom. The molecule has 0 saturated heterocycles. The van der Waals surface area contributed by atoms with E-state index in [0.717, 1.165) is 30.5 Å². The molecule has 2 atom stereocenters. The van der Waals surface area contributed by atoms with E-state index in [1.165, 1.54) is 6.42 Å². The second kappa shape index (κ2) is 4.93. The van der Waals surface area contributed by atoms with Gasteiger partial charge in [0.1, 0.15) is 5.56 Å². The predicted molar refractivity (Wildman–Crippen MR) is 80.6 cm³/mol. The van der Waals surface area contributed by atoms with E-state index < -0.39 is 0 Å². The highest BCUT2D eigenvalue weighted by Gasteiger charge is 2.57. The van der Waals surface area contributed by atoms with E-state index in [9.17, 15) is 9.59 Å². The van der Waals surface area contributed by atoms with Crippen molar-refractivity contribution in [3.05, 3.63) is 33.2 Å². The smallest absolute Gasteiger partial charge is 0.261 e. The predicted octanol–water partition coefficient (Wildman–Crippen LogP) is 0.447. The number of fused-ring (bicyclic) bond motifs is 1. The molecule has 4 rings (SSSR count). The summed E-state index contributed by atoms with van der Waals surface area (Å²) in [5.74, 6) is -0.294. The molecule has 22 heavy (non-hydrogen) atoms. The molecule has 118 valence electrons. The Labute approximate surface area is 128 Å². The van der Waals surface area contributed by atoms with E-state index in [4.69, 9.17) is 10.5 Å². The second-order valence-electron chi connectivity index (χ2n) is 6.77. The lowest BCUT2D eigenvalue weighted by Gasteiger charge is -2.60. The number of aromatic nitrogens is 1. The maximum absolute atomic E-state index is 12.5. The molecule has 2 saturated carbocycles. The average molecular weight is 303 g/mol. The van der Waals surface area contributed by atoms with Crippen molar-refractivity contribution in [1.29, 1.82) is 0 Å². The number of aromatic amines is 1. The van der Waals surface area contributed by atoms with Crippen LogP contribution in [0.15, 0.2) is 10.9 Å². The molecular weight excluding hydrogens is 282 g/mol. The highest BCUT2D eigenvalue weighted by molar-refractivity contribution is 5.94. The van der Waals surface area contributed by atoms with Crippen LogP contribution in [0.25, 0.3) is 0 Å². The van der Waals surface area contributed by atoms with Gasteiger partial charge in [-0.05, 0) is 30.9 Å². The molecule has 6 nitrogen and oxygen atoms in total. The summed E-state index contributed by atoms with van der Waals surface area (Å²) in [5.41, 5.74) is 7.84. The van der Waals surface area contributed by atoms with Crippen LogP contribution < -0.4 is 16.6 Å². The highest BCUT2D eigenvalue weighted by atomic mass is 16.5. The van der Waals surface area contributed by atoms with Crippen molar-refractivity contribution >= 4 is 5.91 Å². The molecule has 2 aliphatic carbocycles. The van der Waals surface area contributed by atoms with Gasteiger partial charge in [0.15, 0.2) is 0 Å². The molecule has 1 aliphatic heterocycles. The minimum absolute atomic E-state index is 0.0831. The summed E-state index contributed by atoms with van der Waals surface area (Å²) < 4.78 is 5.39. The van der Waals surface area contributed by atoms with Crippen molar-refractivity contribution in [2.45, 2.75) is 50.8 Å². The van der Waals surface area contributed by atoms with Crippen LogP contribution in [0.3, 0.4) is 0 Å². The molecule has 3 aliphatic rings. The fourth-order valence-electron chi connectivity index (χ4n) is 4.05. The first-order chi connectivity index (χ1) is 10.6. The lowest BCUT2D eigenvalue weighted by atomic mass is 9.50. The maximum atomic E-state index is 12.5. The third-order valence-electron chi connectivity index (χ3n) is 5.73. The molecule has 0 radical (unpaired) electrons. The summed E-state index contributed by atoms with van der Waals surface area (Å²) in [6.45, 7) is 1.06. The number of amides is 1. The molecule has 2 unspecified atom stereocenters. The molecule has 0 aromatic carbocycles. The minimum Gasteiger partial charge on any atom is -0.376 e. The normalized spacial score (nSPS) is 28.4. The SMILES string of the molecule is NC1CC(NC(=O)c2cc3c([nH]c2=O)CCOC3)C12CCC2. The minimum atomic E-state index is -0.315. The van der Waals surface area contributed by atoms with Crippen LogP contribution in [0.5, 0.6) is 0 Å². The zero-order valence-corrected chi connectivity index (χ0v) is 12.5. The number of nitrogens with two attached hydrogens (primary N) is 1. The molecule has 2 heterocycles. The fraction of sp³-hybridized carbons (Fsp3) is 0.625. The zero-order valence-electron chi connectivity index (χ0n) is 12.5. The van der Waals surface area contributed by atoms with E-state index in [2.05, 4.69) is 10.3 Å². The van der Waals surface area contributed by atoms with E-state index in [-0.39, 0.29) is 34.5 Å². The van der Waals surface area contributed by atoms with Crippen LogP contribution in [0, 0.1) is 5.41 Å². The molecule has 2 fully saturated rings. The third kappa shape index (κ3) is 1.94. The number of hydrogen-bond acceptors (Lipinski definition) is 4. The molecule has 4 N–H and O–H groups in total. The summed E-state index contributed by atoms with van der Waals surface area (Å²) in [4.78, 5) is 27.4. The topological polar surface area (TPSA) is 97.2 Å². The van der Waals surface area contributed by atoms with E-state index in [1.54, 1.807) is 6.07 Å². The number of ether oxygens (including phenoxy) is 1. The van der Waals surface area contributed by atoms with Crippen molar-refractivity contribution in [2.24, 2.45) is 11.1 Å². The van der Waals surface area contributed by atoms with Crippen molar-refractivity contribution in [3.63, 3.8) is 0 Å². The number of nitrogens with one attached hydrogen (secondary N) is 2. The Morgan fingerprint density at radius 1 is 1.45 bits per heavy atom. The number of carbonyl (C=O) groups is 1. The summed E-state index contributed by atoms with van der Waals surface area (Å²) >= 11 is 0. The van der Waals surface area contributed by atoms with Crippen LogP contribution in [0.4, 0.5) is 0 Å². The molecule has 1 amide bonds. The zero-order chi connectivity index (χ0) is 15.3. The molecule has 1 aromatic heterocycles. The number of H-pyrrole nitrogens is 1. The number of hydrogen-bond donors (Lipinski definition) is 3. The van der Waals surface area contributed by atoms with Gasteiger partial charge in [0, 0.05) is 29.6 Å². The first kappa shape index (κ1) is 14.0. The van der Waals surface area contributed by atoms with Gasteiger partial charge in [-0.1, -0.05) is 6.42 Å². The Bertz CT molecular complexity index is 678. The lowest BCUT2D eigenvalue weighted by molar-refractivity contribution is -0.0390. The highest BCUT2D eigenvalue weighted by Crippen LogP contribution is 2.55.